The Morgan fingerprint density at radius 3 is 2.20 bits per heavy atom. The number of urea groups is 1. The molecule has 1 aliphatic heterocycles. The largest absolute Gasteiger partial charge is 0.494 e. The van der Waals surface area contributed by atoms with E-state index in [2.05, 4.69) is 16.0 Å². The number of ether oxygens (including phenoxy) is 2. The summed E-state index contributed by atoms with van der Waals surface area (Å²) < 4.78 is 15.4. The molecular weight excluding hydrogens is 514 g/mol. The minimum absolute atomic E-state index is 0.208. The summed E-state index contributed by atoms with van der Waals surface area (Å²) in [6.45, 7) is 7.46. The van der Waals surface area contributed by atoms with Crippen molar-refractivity contribution in [3.63, 3.8) is 0 Å². The fourth-order valence-electron chi connectivity index (χ4n) is 5.41. The van der Waals surface area contributed by atoms with Gasteiger partial charge in [0.2, 0.25) is 0 Å². The molecule has 1 atom stereocenters. The highest BCUT2D eigenvalue weighted by Crippen LogP contribution is 2.39. The number of hydrogen-bond donors (Lipinski definition) is 1. The van der Waals surface area contributed by atoms with E-state index in [-0.39, 0.29) is 12.1 Å². The van der Waals surface area contributed by atoms with Gasteiger partial charge in [0.05, 0.1) is 42.9 Å². The standard InChI is InChI=1S/C33H33N5O3/c1-4-40-27-17-13-24(14-18-27)31-30-12-9-21-36(30)32-29(23(3)35-38(32)26-10-7-6-8-11-26)22-37(31)33(39)34-25-15-19-28(20-16-25)41-5-2/h6-21,31H,4-5,22H2,1-3H3,(H,34,39)/t31-/m1/s1. The molecule has 3 aromatic carbocycles. The van der Waals surface area contributed by atoms with Gasteiger partial charge in [-0.25, -0.2) is 9.48 Å². The van der Waals surface area contributed by atoms with Gasteiger partial charge in [-0.1, -0.05) is 30.3 Å². The Labute approximate surface area is 239 Å². The second-order valence-corrected chi connectivity index (χ2v) is 9.86. The number of fused-ring (bicyclic) bond motifs is 3. The fraction of sp³-hybridized carbons (Fsp3) is 0.212. The van der Waals surface area contributed by atoms with Crippen LogP contribution in [0.15, 0.2) is 97.2 Å². The molecule has 0 bridgehead atoms. The van der Waals surface area contributed by atoms with Crippen LogP contribution in [-0.4, -0.2) is 38.5 Å². The number of benzene rings is 3. The highest BCUT2D eigenvalue weighted by Gasteiger charge is 2.36. The van der Waals surface area contributed by atoms with Crippen molar-refractivity contribution in [3.8, 4) is 23.0 Å². The number of rotatable bonds is 7. The highest BCUT2D eigenvalue weighted by molar-refractivity contribution is 5.90. The van der Waals surface area contributed by atoms with E-state index >= 15 is 0 Å². The average molecular weight is 548 g/mol. The van der Waals surface area contributed by atoms with Crippen LogP contribution in [0.4, 0.5) is 10.5 Å². The maximum absolute atomic E-state index is 14.1. The number of carbonyl (C=O) groups excluding carboxylic acids is 1. The number of aryl methyl sites for hydroxylation is 1. The van der Waals surface area contributed by atoms with Gasteiger partial charge in [0.15, 0.2) is 0 Å². The molecular formula is C33H33N5O3. The van der Waals surface area contributed by atoms with Gasteiger partial charge in [0.1, 0.15) is 17.3 Å². The summed E-state index contributed by atoms with van der Waals surface area (Å²) >= 11 is 0. The Bertz CT molecular complexity index is 1640. The smallest absolute Gasteiger partial charge is 0.322 e. The number of para-hydroxylation sites is 1. The van der Waals surface area contributed by atoms with Gasteiger partial charge >= 0.3 is 6.03 Å². The summed E-state index contributed by atoms with van der Waals surface area (Å²) in [6.07, 6.45) is 2.05. The maximum atomic E-state index is 14.1. The summed E-state index contributed by atoms with van der Waals surface area (Å²) in [6, 6.07) is 29.1. The lowest BCUT2D eigenvalue weighted by atomic mass is 10.0. The van der Waals surface area contributed by atoms with Crippen molar-refractivity contribution in [2.75, 3.05) is 18.5 Å². The molecule has 1 aliphatic rings. The minimum Gasteiger partial charge on any atom is -0.494 e. The van der Waals surface area contributed by atoms with E-state index in [1.54, 1.807) is 0 Å². The van der Waals surface area contributed by atoms with Gasteiger partial charge in [-0.3, -0.25) is 0 Å². The number of nitrogens with zero attached hydrogens (tertiary/aromatic N) is 4. The van der Waals surface area contributed by atoms with Crippen molar-refractivity contribution >= 4 is 11.7 Å². The molecule has 1 N–H and O–H groups in total. The molecule has 3 heterocycles. The van der Waals surface area contributed by atoms with Crippen molar-refractivity contribution in [2.24, 2.45) is 0 Å². The molecule has 0 radical (unpaired) electrons. The zero-order chi connectivity index (χ0) is 28.3. The van der Waals surface area contributed by atoms with Crippen LogP contribution in [0.2, 0.25) is 0 Å². The monoisotopic (exact) mass is 547 g/mol. The first-order valence-corrected chi connectivity index (χ1v) is 13.9. The lowest BCUT2D eigenvalue weighted by Gasteiger charge is -2.31. The maximum Gasteiger partial charge on any atom is 0.322 e. The molecule has 0 aliphatic carbocycles. The fourth-order valence-corrected chi connectivity index (χ4v) is 5.41. The third-order valence-electron chi connectivity index (χ3n) is 7.27. The molecule has 2 amide bonds. The van der Waals surface area contributed by atoms with Crippen molar-refractivity contribution in [1.82, 2.24) is 19.2 Å². The van der Waals surface area contributed by atoms with Crippen LogP contribution in [0.25, 0.3) is 11.5 Å². The van der Waals surface area contributed by atoms with Crippen LogP contribution in [0, 0.1) is 6.92 Å². The van der Waals surface area contributed by atoms with Gasteiger partial charge in [0, 0.05) is 17.4 Å². The lowest BCUT2D eigenvalue weighted by Crippen LogP contribution is -2.38. The minimum atomic E-state index is -0.362. The van der Waals surface area contributed by atoms with E-state index in [0.717, 1.165) is 45.5 Å². The topological polar surface area (TPSA) is 73.5 Å². The molecule has 0 saturated carbocycles. The van der Waals surface area contributed by atoms with E-state index in [0.29, 0.717) is 25.4 Å². The van der Waals surface area contributed by atoms with Crippen molar-refractivity contribution < 1.29 is 14.3 Å². The summed E-state index contributed by atoms with van der Waals surface area (Å²) in [5.41, 5.74) is 5.46. The Morgan fingerprint density at radius 2 is 1.54 bits per heavy atom. The van der Waals surface area contributed by atoms with E-state index in [1.807, 2.05) is 121 Å². The number of nitrogens with one attached hydrogen (secondary N) is 1. The number of hydrogen-bond acceptors (Lipinski definition) is 4. The molecule has 8 nitrogen and oxygen atoms in total. The Kier molecular flexibility index (Phi) is 7.20. The molecule has 2 aromatic heterocycles. The van der Waals surface area contributed by atoms with Crippen LogP contribution >= 0.6 is 0 Å². The molecule has 0 spiro atoms. The second kappa shape index (κ2) is 11.3. The number of amides is 2. The predicted molar refractivity (Wildman–Crippen MR) is 159 cm³/mol. The van der Waals surface area contributed by atoms with Crippen LogP contribution < -0.4 is 14.8 Å². The molecule has 0 saturated heterocycles. The van der Waals surface area contributed by atoms with Crippen LogP contribution in [0.3, 0.4) is 0 Å². The molecule has 8 heteroatoms. The first-order valence-electron chi connectivity index (χ1n) is 13.9. The van der Waals surface area contributed by atoms with Gasteiger partial charge in [-0.2, -0.15) is 5.10 Å². The molecule has 0 unspecified atom stereocenters. The van der Waals surface area contributed by atoms with Crippen LogP contribution in [-0.2, 0) is 6.54 Å². The van der Waals surface area contributed by atoms with Crippen molar-refractivity contribution in [3.05, 3.63) is 120 Å². The van der Waals surface area contributed by atoms with Gasteiger partial charge < -0.3 is 24.3 Å². The van der Waals surface area contributed by atoms with E-state index in [1.165, 1.54) is 0 Å². The Balaban J connectivity index is 1.46. The molecule has 0 fully saturated rings. The van der Waals surface area contributed by atoms with E-state index in [9.17, 15) is 4.79 Å². The van der Waals surface area contributed by atoms with Gasteiger partial charge in [0.25, 0.3) is 0 Å². The van der Waals surface area contributed by atoms with Gasteiger partial charge in [-0.05, 0) is 87.0 Å². The highest BCUT2D eigenvalue weighted by atomic mass is 16.5. The number of anilines is 1. The quantitative estimate of drug-likeness (QED) is 0.240. The summed E-state index contributed by atoms with van der Waals surface area (Å²) in [4.78, 5) is 16.0. The molecule has 6 rings (SSSR count). The summed E-state index contributed by atoms with van der Waals surface area (Å²) in [5.74, 6) is 2.49. The SMILES string of the molecule is CCOc1ccc(NC(=O)N2Cc3c(C)nn(-c4ccccc4)c3-n3cccc3[C@H]2c2ccc(OCC)cc2)cc1. The number of aromatic nitrogens is 3. The van der Waals surface area contributed by atoms with Gasteiger partial charge in [-0.15, -0.1) is 0 Å². The van der Waals surface area contributed by atoms with E-state index in [4.69, 9.17) is 14.6 Å². The third-order valence-corrected chi connectivity index (χ3v) is 7.27. The molecule has 5 aromatic rings. The zero-order valence-corrected chi connectivity index (χ0v) is 23.4. The van der Waals surface area contributed by atoms with E-state index < -0.39 is 0 Å². The predicted octanol–water partition coefficient (Wildman–Crippen LogP) is 6.91. The first kappa shape index (κ1) is 26.3. The van der Waals surface area contributed by atoms with Crippen LogP contribution in [0.1, 0.15) is 42.4 Å². The summed E-state index contributed by atoms with van der Waals surface area (Å²) in [5, 5.41) is 8.05. The first-order chi connectivity index (χ1) is 20.1. The van der Waals surface area contributed by atoms with Crippen LogP contribution in [0.5, 0.6) is 11.5 Å². The lowest BCUT2D eigenvalue weighted by molar-refractivity contribution is 0.194. The normalized spacial score (nSPS) is 14.1. The molecule has 208 valence electrons. The van der Waals surface area contributed by atoms with Crippen molar-refractivity contribution in [2.45, 2.75) is 33.4 Å². The average Bonchev–Trinajstić information content (AvgIpc) is 3.56. The summed E-state index contributed by atoms with van der Waals surface area (Å²) in [7, 11) is 0. The number of carbonyl (C=O) groups is 1. The second-order valence-electron chi connectivity index (χ2n) is 9.86. The van der Waals surface area contributed by atoms with Crippen molar-refractivity contribution in [1.29, 1.82) is 0 Å². The Morgan fingerprint density at radius 1 is 0.878 bits per heavy atom. The third kappa shape index (κ3) is 5.04. The molecule has 41 heavy (non-hydrogen) atoms. The Hall–Kier alpha value is -4.98. The zero-order valence-electron chi connectivity index (χ0n) is 23.4.